The number of likely N-dealkylation sites (tertiary alicyclic amines) is 1. The van der Waals surface area contributed by atoms with Crippen molar-refractivity contribution in [3.05, 3.63) is 29.8 Å². The molecule has 3 rings (SSSR count). The number of ether oxygens (including phenoxy) is 2. The zero-order valence-corrected chi connectivity index (χ0v) is 21.7. The number of hydrogen-bond donors (Lipinski definition) is 0. The molecule has 0 N–H and O–H groups in total. The number of rotatable bonds is 8. The number of unbranched alkanes of at least 4 members (excludes halogenated alkanes) is 1. The van der Waals surface area contributed by atoms with Gasteiger partial charge in [0.05, 0.1) is 25.7 Å². The Labute approximate surface area is 209 Å². The lowest BCUT2D eigenvalue weighted by Gasteiger charge is -2.42. The molecule has 2 saturated heterocycles. The first-order chi connectivity index (χ1) is 16.9. The molecule has 3 amide bonds. The van der Waals surface area contributed by atoms with Crippen molar-refractivity contribution in [3.8, 4) is 5.75 Å². The summed E-state index contributed by atoms with van der Waals surface area (Å²) < 4.78 is 11.0. The van der Waals surface area contributed by atoms with Gasteiger partial charge in [-0.15, -0.1) is 0 Å². The lowest BCUT2D eigenvalue weighted by Crippen LogP contribution is -2.50. The van der Waals surface area contributed by atoms with E-state index in [4.69, 9.17) is 9.47 Å². The van der Waals surface area contributed by atoms with Crippen molar-refractivity contribution in [2.24, 2.45) is 11.8 Å². The van der Waals surface area contributed by atoms with Crippen LogP contribution in [0.4, 0.5) is 4.79 Å². The zero-order chi connectivity index (χ0) is 25.4. The number of carbonyl (C=O) groups excluding carboxylic acids is 3. The average Bonchev–Trinajstić information content (AvgIpc) is 3.12. The van der Waals surface area contributed by atoms with Crippen LogP contribution in [-0.4, -0.2) is 79.0 Å². The maximum Gasteiger partial charge on any atom is 0.409 e. The van der Waals surface area contributed by atoms with E-state index in [1.54, 1.807) is 12.0 Å². The van der Waals surface area contributed by atoms with Crippen molar-refractivity contribution in [1.82, 2.24) is 14.7 Å². The zero-order valence-electron chi connectivity index (χ0n) is 21.7. The van der Waals surface area contributed by atoms with Crippen molar-refractivity contribution in [3.63, 3.8) is 0 Å². The predicted molar refractivity (Wildman–Crippen MR) is 134 cm³/mol. The second-order valence-electron chi connectivity index (χ2n) is 9.91. The minimum atomic E-state index is -0.359. The number of carbonyl (C=O) groups is 3. The van der Waals surface area contributed by atoms with E-state index < -0.39 is 0 Å². The number of nitrogens with zero attached hydrogens (tertiary/aromatic N) is 3. The fourth-order valence-corrected chi connectivity index (χ4v) is 4.98. The Kier molecular flexibility index (Phi) is 9.81. The van der Waals surface area contributed by atoms with Gasteiger partial charge in [-0.1, -0.05) is 45.4 Å². The maximum atomic E-state index is 13.9. The van der Waals surface area contributed by atoms with E-state index in [0.717, 1.165) is 18.4 Å². The largest absolute Gasteiger partial charge is 0.496 e. The average molecular weight is 488 g/mol. The highest BCUT2D eigenvalue weighted by atomic mass is 16.6. The minimum Gasteiger partial charge on any atom is -0.496 e. The van der Waals surface area contributed by atoms with E-state index in [2.05, 4.69) is 6.92 Å². The van der Waals surface area contributed by atoms with Crippen LogP contribution >= 0.6 is 0 Å². The van der Waals surface area contributed by atoms with Gasteiger partial charge in [0.2, 0.25) is 11.8 Å². The molecular weight excluding hydrogens is 446 g/mol. The fraction of sp³-hybridized carbons (Fsp3) is 0.667. The molecule has 0 saturated carbocycles. The Bertz CT molecular complexity index is 874. The van der Waals surface area contributed by atoms with Crippen molar-refractivity contribution in [1.29, 1.82) is 0 Å². The smallest absolute Gasteiger partial charge is 0.409 e. The number of hydrogen-bond acceptors (Lipinski definition) is 5. The second-order valence-corrected chi connectivity index (χ2v) is 9.91. The van der Waals surface area contributed by atoms with Crippen molar-refractivity contribution >= 4 is 17.9 Å². The summed E-state index contributed by atoms with van der Waals surface area (Å²) in [5.74, 6) is 0.767. The van der Waals surface area contributed by atoms with E-state index in [-0.39, 0.29) is 35.8 Å². The van der Waals surface area contributed by atoms with Crippen LogP contribution < -0.4 is 4.74 Å². The Hall–Kier alpha value is -2.77. The molecular formula is C27H41N3O5. The van der Waals surface area contributed by atoms with Gasteiger partial charge in [-0.05, 0) is 31.2 Å². The van der Waals surface area contributed by atoms with Gasteiger partial charge < -0.3 is 24.2 Å². The summed E-state index contributed by atoms with van der Waals surface area (Å²) in [6.45, 7) is 9.21. The summed E-state index contributed by atoms with van der Waals surface area (Å²) in [5.41, 5.74) is 0.881. The number of amides is 3. The van der Waals surface area contributed by atoms with Crippen molar-refractivity contribution in [2.75, 3.05) is 46.4 Å². The molecule has 2 aliphatic rings. The Balaban J connectivity index is 1.80. The van der Waals surface area contributed by atoms with Gasteiger partial charge in [0, 0.05) is 44.7 Å². The van der Waals surface area contributed by atoms with Crippen LogP contribution in [0.2, 0.25) is 0 Å². The molecule has 194 valence electrons. The molecule has 0 radical (unpaired) electrons. The molecule has 2 unspecified atom stereocenters. The SMILES string of the molecule is CCCCN1C(=O)CCC(C(=O)N2CCCN(C(=O)OCC(C)C)CC2)C1c1ccccc1OC. The van der Waals surface area contributed by atoms with Crippen LogP contribution in [0.15, 0.2) is 24.3 Å². The molecule has 1 aromatic carbocycles. The van der Waals surface area contributed by atoms with E-state index >= 15 is 0 Å². The van der Waals surface area contributed by atoms with Gasteiger partial charge in [-0.2, -0.15) is 0 Å². The van der Waals surface area contributed by atoms with Crippen LogP contribution in [0.5, 0.6) is 5.75 Å². The number of methoxy groups -OCH3 is 1. The van der Waals surface area contributed by atoms with Gasteiger partial charge in [-0.25, -0.2) is 4.79 Å². The molecule has 2 aliphatic heterocycles. The molecule has 0 aliphatic carbocycles. The number of piperidine rings is 1. The van der Waals surface area contributed by atoms with Crippen LogP contribution in [0.3, 0.4) is 0 Å². The number of para-hydroxylation sites is 1. The molecule has 8 heteroatoms. The fourth-order valence-electron chi connectivity index (χ4n) is 4.98. The molecule has 0 spiro atoms. The molecule has 0 aromatic heterocycles. The quantitative estimate of drug-likeness (QED) is 0.552. The van der Waals surface area contributed by atoms with E-state index in [1.807, 2.05) is 47.9 Å². The summed E-state index contributed by atoms with van der Waals surface area (Å²) in [7, 11) is 1.62. The Morgan fingerprint density at radius 2 is 1.80 bits per heavy atom. The molecule has 8 nitrogen and oxygen atoms in total. The molecule has 35 heavy (non-hydrogen) atoms. The highest BCUT2D eigenvalue weighted by Gasteiger charge is 2.43. The topological polar surface area (TPSA) is 79.4 Å². The predicted octanol–water partition coefficient (Wildman–Crippen LogP) is 4.10. The molecule has 2 heterocycles. The first kappa shape index (κ1) is 26.8. The minimum absolute atomic E-state index is 0.0484. The normalized spacial score (nSPS) is 21.2. The van der Waals surface area contributed by atoms with Crippen LogP contribution in [0.25, 0.3) is 0 Å². The molecule has 1 aromatic rings. The van der Waals surface area contributed by atoms with Gasteiger partial charge in [0.15, 0.2) is 0 Å². The standard InChI is InChI=1S/C27H41N3O5/c1-5-6-16-30-24(31)13-12-22(25(30)21-10-7-8-11-23(21)34-4)26(32)28-14-9-15-29(18-17-28)27(33)35-19-20(2)3/h7-8,10-11,20,22,25H,5-6,9,12-19H2,1-4H3. The van der Waals surface area contributed by atoms with Crippen molar-refractivity contribution < 1.29 is 23.9 Å². The van der Waals surface area contributed by atoms with Gasteiger partial charge in [-0.3, -0.25) is 9.59 Å². The molecule has 2 atom stereocenters. The lowest BCUT2D eigenvalue weighted by molar-refractivity contribution is -0.148. The first-order valence-corrected chi connectivity index (χ1v) is 13.0. The first-order valence-electron chi connectivity index (χ1n) is 13.0. The third kappa shape index (κ3) is 6.67. The highest BCUT2D eigenvalue weighted by molar-refractivity contribution is 5.85. The summed E-state index contributed by atoms with van der Waals surface area (Å²) in [4.78, 5) is 44.9. The van der Waals surface area contributed by atoms with E-state index in [1.165, 1.54) is 0 Å². The monoisotopic (exact) mass is 487 g/mol. The van der Waals surface area contributed by atoms with Crippen LogP contribution in [0, 0.1) is 11.8 Å². The van der Waals surface area contributed by atoms with Crippen molar-refractivity contribution in [2.45, 2.75) is 58.9 Å². The summed E-state index contributed by atoms with van der Waals surface area (Å²) in [6, 6.07) is 7.34. The van der Waals surface area contributed by atoms with Crippen LogP contribution in [0.1, 0.15) is 64.5 Å². The summed E-state index contributed by atoms with van der Waals surface area (Å²) >= 11 is 0. The lowest BCUT2D eigenvalue weighted by atomic mass is 9.82. The van der Waals surface area contributed by atoms with E-state index in [0.29, 0.717) is 64.3 Å². The third-order valence-corrected chi connectivity index (χ3v) is 6.84. The molecule has 0 bridgehead atoms. The highest BCUT2D eigenvalue weighted by Crippen LogP contribution is 2.41. The number of benzene rings is 1. The van der Waals surface area contributed by atoms with E-state index in [9.17, 15) is 14.4 Å². The Morgan fingerprint density at radius 1 is 1.09 bits per heavy atom. The van der Waals surface area contributed by atoms with Gasteiger partial charge in [0.25, 0.3) is 0 Å². The summed E-state index contributed by atoms with van der Waals surface area (Å²) in [5, 5.41) is 0. The van der Waals surface area contributed by atoms with Gasteiger partial charge in [0.1, 0.15) is 5.75 Å². The molecule has 2 fully saturated rings. The summed E-state index contributed by atoms with van der Waals surface area (Å²) in [6.07, 6.45) is 3.12. The third-order valence-electron chi connectivity index (χ3n) is 6.84. The van der Waals surface area contributed by atoms with Gasteiger partial charge >= 0.3 is 6.09 Å². The van der Waals surface area contributed by atoms with Crippen LogP contribution in [-0.2, 0) is 14.3 Å². The second kappa shape index (κ2) is 12.8. The maximum absolute atomic E-state index is 13.9. The Morgan fingerprint density at radius 3 is 2.51 bits per heavy atom.